The van der Waals surface area contributed by atoms with Crippen molar-refractivity contribution in [2.45, 2.75) is 9.79 Å². The molecule has 0 saturated carbocycles. The lowest BCUT2D eigenvalue weighted by Gasteiger charge is -2.13. The predicted octanol–water partition coefficient (Wildman–Crippen LogP) is 12.8. The van der Waals surface area contributed by atoms with E-state index < -0.39 is 30.0 Å². The van der Waals surface area contributed by atoms with Crippen LogP contribution in [0.15, 0.2) is 155 Å². The summed E-state index contributed by atoms with van der Waals surface area (Å²) >= 11 is 5.69. The Labute approximate surface area is 446 Å². The van der Waals surface area contributed by atoms with E-state index in [2.05, 4.69) is 71.8 Å². The zero-order valence-electron chi connectivity index (χ0n) is 38.6. The number of hydrogen-bond donors (Lipinski definition) is 8. The van der Waals surface area contributed by atoms with Gasteiger partial charge in [0.2, 0.25) is 11.9 Å². The van der Waals surface area contributed by atoms with Gasteiger partial charge in [-0.2, -0.15) is 36.8 Å². The second-order valence-corrected chi connectivity index (χ2v) is 23.3. The third kappa shape index (κ3) is 10.8. The molecule has 12 aromatic rings. The smallest absolute Gasteiger partial charge is 0.295 e. The third-order valence-electron chi connectivity index (χ3n) is 11.1. The quantitative estimate of drug-likeness (QED) is 0.0330. The average molecular weight is 1120 g/mol. The number of nitrogens with one attached hydrogen (secondary N) is 6. The fraction of sp³-hybridized carbons (Fsp3) is 0. The van der Waals surface area contributed by atoms with E-state index in [4.69, 9.17) is 0 Å². The van der Waals surface area contributed by atoms with Crippen LogP contribution in [0.4, 0.5) is 67.1 Å². The number of aromatic nitrogens is 8. The van der Waals surface area contributed by atoms with E-state index in [1.54, 1.807) is 24.3 Å². The van der Waals surface area contributed by atoms with Crippen molar-refractivity contribution in [2.24, 2.45) is 0 Å². The van der Waals surface area contributed by atoms with Crippen LogP contribution in [-0.2, 0) is 20.2 Å². The Bertz CT molecular complexity index is 3880. The summed E-state index contributed by atoms with van der Waals surface area (Å²) in [7, 11) is -9.77. The lowest BCUT2D eigenvalue weighted by atomic mass is 10.1. The SMILES string of the molecule is O=S(=O)(O)c1cc(Nc2cc(Nc3nc4ccccc4s3)nc(Nc3nc4ccccc4s3)n2)ccc1C=Cc1ccc(Nc2cc(Nc3nc4ccccc4s3)nc(Nc3nc4ccccc4s3)n2)cc1S(=O)(=O)O. The maximum Gasteiger partial charge on any atom is 0.295 e. The van der Waals surface area contributed by atoms with Crippen LogP contribution in [0.25, 0.3) is 53.0 Å². The zero-order chi connectivity index (χ0) is 52.0. The molecule has 20 nitrogen and oxygen atoms in total. The van der Waals surface area contributed by atoms with Gasteiger partial charge in [0.1, 0.15) is 33.1 Å². The fourth-order valence-electron chi connectivity index (χ4n) is 7.80. The van der Waals surface area contributed by atoms with Crippen LogP contribution >= 0.6 is 45.3 Å². The van der Waals surface area contributed by atoms with Gasteiger partial charge < -0.3 is 21.3 Å². The van der Waals surface area contributed by atoms with Gasteiger partial charge in [-0.25, -0.2) is 19.9 Å². The molecular weight excluding hydrogens is 1090 g/mol. The third-order valence-corrected chi connectivity index (χ3v) is 16.7. The van der Waals surface area contributed by atoms with Gasteiger partial charge in [-0.1, -0.05) is 118 Å². The Kier molecular flexibility index (Phi) is 12.7. The predicted molar refractivity (Wildman–Crippen MR) is 304 cm³/mol. The Hall–Kier alpha value is -8.60. The summed E-state index contributed by atoms with van der Waals surface area (Å²) in [6, 6.07) is 42.3. The van der Waals surface area contributed by atoms with E-state index in [0.717, 1.165) is 40.9 Å². The van der Waals surface area contributed by atoms with Gasteiger partial charge in [-0.05, 0) is 83.9 Å². The zero-order valence-corrected chi connectivity index (χ0v) is 43.5. The molecule has 76 heavy (non-hydrogen) atoms. The molecule has 0 unspecified atom stereocenters. The molecule has 0 aliphatic carbocycles. The number of thiazole rings is 4. The lowest BCUT2D eigenvalue weighted by Crippen LogP contribution is -2.06. The molecular formula is C50H34N14O6S6. The van der Waals surface area contributed by atoms with Crippen molar-refractivity contribution in [2.75, 3.05) is 31.9 Å². The molecule has 6 aromatic carbocycles. The molecule has 6 aromatic heterocycles. The Morgan fingerprint density at radius 2 is 0.658 bits per heavy atom. The van der Waals surface area contributed by atoms with Crippen LogP contribution in [0.2, 0.25) is 0 Å². The summed E-state index contributed by atoms with van der Waals surface area (Å²) in [5.41, 5.74) is 3.62. The molecule has 0 saturated heterocycles. The minimum absolute atomic E-state index is 0.00194. The Balaban J connectivity index is 0.826. The van der Waals surface area contributed by atoms with E-state index in [0.29, 0.717) is 32.2 Å². The molecule has 0 amide bonds. The number of benzene rings is 6. The second-order valence-electron chi connectivity index (χ2n) is 16.4. The van der Waals surface area contributed by atoms with Crippen LogP contribution in [0.1, 0.15) is 11.1 Å². The van der Waals surface area contributed by atoms with Gasteiger partial charge >= 0.3 is 0 Å². The maximum absolute atomic E-state index is 13.0. The van der Waals surface area contributed by atoms with Crippen molar-refractivity contribution >= 4 is 186 Å². The molecule has 0 atom stereocenters. The van der Waals surface area contributed by atoms with Gasteiger partial charge in [0.15, 0.2) is 20.5 Å². The Morgan fingerprint density at radius 3 is 0.974 bits per heavy atom. The average Bonchev–Trinajstić information content (AvgIpc) is 4.22. The number of fused-ring (bicyclic) bond motifs is 4. The van der Waals surface area contributed by atoms with Gasteiger partial charge in [0.25, 0.3) is 20.2 Å². The molecule has 8 N–H and O–H groups in total. The summed E-state index contributed by atoms with van der Waals surface area (Å²) in [6.07, 6.45) is 2.61. The molecule has 26 heteroatoms. The summed E-state index contributed by atoms with van der Waals surface area (Å²) in [4.78, 5) is 36.2. The number of anilines is 12. The largest absolute Gasteiger partial charge is 0.340 e. The van der Waals surface area contributed by atoms with Crippen molar-refractivity contribution in [1.29, 1.82) is 0 Å². The van der Waals surface area contributed by atoms with Crippen molar-refractivity contribution in [3.05, 3.63) is 157 Å². The summed E-state index contributed by atoms with van der Waals surface area (Å²) in [6.45, 7) is 0. The molecule has 0 spiro atoms. The molecule has 0 aliphatic heterocycles. The molecule has 0 aliphatic rings. The first-order valence-corrected chi connectivity index (χ1v) is 28.6. The molecule has 0 radical (unpaired) electrons. The van der Waals surface area contributed by atoms with Crippen LogP contribution in [0.5, 0.6) is 0 Å². The van der Waals surface area contributed by atoms with Crippen molar-refractivity contribution in [1.82, 2.24) is 39.9 Å². The number of para-hydroxylation sites is 4. The first-order valence-electron chi connectivity index (χ1n) is 22.5. The van der Waals surface area contributed by atoms with E-state index in [-0.39, 0.29) is 46.0 Å². The van der Waals surface area contributed by atoms with E-state index in [1.807, 2.05) is 97.1 Å². The second kappa shape index (κ2) is 19.9. The Morgan fingerprint density at radius 1 is 0.355 bits per heavy atom. The van der Waals surface area contributed by atoms with E-state index in [9.17, 15) is 25.9 Å². The number of rotatable bonds is 16. The minimum Gasteiger partial charge on any atom is -0.340 e. The van der Waals surface area contributed by atoms with Gasteiger partial charge in [0.05, 0.1) is 40.9 Å². The maximum atomic E-state index is 13.0. The summed E-state index contributed by atoms with van der Waals surface area (Å²) in [5.74, 6) is 1.52. The van der Waals surface area contributed by atoms with Crippen molar-refractivity contribution in [3.63, 3.8) is 0 Å². The van der Waals surface area contributed by atoms with E-state index in [1.165, 1.54) is 81.8 Å². The molecule has 376 valence electrons. The van der Waals surface area contributed by atoms with Crippen molar-refractivity contribution in [3.8, 4) is 0 Å². The monoisotopic (exact) mass is 1120 g/mol. The normalized spacial score (nSPS) is 12.0. The summed E-state index contributed by atoms with van der Waals surface area (Å²) < 4.78 is 76.8. The van der Waals surface area contributed by atoms with Crippen LogP contribution in [0, 0.1) is 0 Å². The summed E-state index contributed by atoms with van der Waals surface area (Å²) in [5, 5.41) is 21.3. The number of nitrogens with zero attached hydrogens (tertiary/aromatic N) is 8. The highest BCUT2D eigenvalue weighted by molar-refractivity contribution is 7.86. The standard InChI is InChI=1S/C50H34N14O6S6/c65-75(66,67)39-23-29(51-41-25-43(61-47-53-31-9-1-5-13-35(31)71-47)59-45(57-41)63-49-55-33-11-3-7-15-37(33)73-49)21-19-27(39)17-18-28-20-22-30(24-40(28)76(68,69)70)52-42-26-44(62-48-54-32-10-2-6-14-36(32)72-48)60-46(58-42)64-50-56-34-12-4-8-16-38(34)74-50/h1-26H,(H,65,66,67)(H,68,69,70)(H3,51,53,55,57,59,61,63)(H3,52,54,56,58,60,62,64). The fourth-order valence-corrected chi connectivity index (χ4v) is 12.7. The highest BCUT2D eigenvalue weighted by Crippen LogP contribution is 2.35. The van der Waals surface area contributed by atoms with E-state index >= 15 is 0 Å². The van der Waals surface area contributed by atoms with Crippen LogP contribution < -0.4 is 31.9 Å². The van der Waals surface area contributed by atoms with Gasteiger partial charge in [-0.15, -0.1) is 0 Å². The highest BCUT2D eigenvalue weighted by Gasteiger charge is 2.20. The highest BCUT2D eigenvalue weighted by atomic mass is 32.2. The molecule has 12 rings (SSSR count). The first-order chi connectivity index (χ1) is 36.8. The van der Waals surface area contributed by atoms with Gasteiger partial charge in [-0.3, -0.25) is 19.7 Å². The van der Waals surface area contributed by atoms with Crippen molar-refractivity contribution < 1.29 is 25.9 Å². The first kappa shape index (κ1) is 48.3. The van der Waals surface area contributed by atoms with Gasteiger partial charge in [0, 0.05) is 23.5 Å². The van der Waals surface area contributed by atoms with Crippen LogP contribution in [0.3, 0.4) is 0 Å². The minimum atomic E-state index is -4.89. The molecule has 0 fully saturated rings. The lowest BCUT2D eigenvalue weighted by molar-refractivity contribution is 0.480. The molecule has 0 bridgehead atoms. The van der Waals surface area contributed by atoms with Crippen LogP contribution in [-0.4, -0.2) is 65.8 Å². The molecule has 6 heterocycles. The number of hydrogen-bond acceptors (Lipinski definition) is 22. The topological polar surface area (TPSA) is 284 Å².